The Bertz CT molecular complexity index is 277. The maximum absolute atomic E-state index is 11.9. The summed E-state index contributed by atoms with van der Waals surface area (Å²) in [6.45, 7) is 0.976. The van der Waals surface area contributed by atoms with E-state index in [-0.39, 0.29) is 5.54 Å². The number of carbonyl (C=O) groups excluding carboxylic acids is 1. The van der Waals surface area contributed by atoms with E-state index in [1.165, 1.54) is 6.42 Å². The van der Waals surface area contributed by atoms with Gasteiger partial charge in [0.2, 0.25) is 5.91 Å². The average molecular weight is 212 g/mol. The zero-order valence-electron chi connectivity index (χ0n) is 8.24. The second kappa shape index (κ2) is 2.89. The van der Waals surface area contributed by atoms with Crippen LogP contribution in [0.5, 0.6) is 0 Å². The van der Waals surface area contributed by atoms with Crippen molar-refractivity contribution in [3.63, 3.8) is 0 Å². The Kier molecular flexibility index (Phi) is 1.86. The zero-order valence-corrected chi connectivity index (χ0v) is 9.05. The van der Waals surface area contributed by atoms with Gasteiger partial charge in [-0.25, -0.2) is 0 Å². The fourth-order valence-electron chi connectivity index (χ4n) is 2.45. The Balaban J connectivity index is 1.63. The molecule has 2 atom stereocenters. The summed E-state index contributed by atoms with van der Waals surface area (Å²) >= 11 is 2.02. The first-order valence-electron chi connectivity index (χ1n) is 5.36. The lowest BCUT2D eigenvalue weighted by Gasteiger charge is -2.27. The Morgan fingerprint density at radius 2 is 2.36 bits per heavy atom. The highest BCUT2D eigenvalue weighted by atomic mass is 32.2. The molecule has 0 aromatic carbocycles. The van der Waals surface area contributed by atoms with E-state index in [0.717, 1.165) is 30.4 Å². The van der Waals surface area contributed by atoms with Gasteiger partial charge in [0, 0.05) is 35.5 Å². The summed E-state index contributed by atoms with van der Waals surface area (Å²) in [4.78, 5) is 14.0. The van der Waals surface area contributed by atoms with Crippen LogP contribution in [0.15, 0.2) is 0 Å². The van der Waals surface area contributed by atoms with Crippen molar-refractivity contribution in [3.05, 3.63) is 0 Å². The number of nitrogens with two attached hydrogens (primary N) is 1. The minimum Gasteiger partial charge on any atom is -0.338 e. The van der Waals surface area contributed by atoms with Crippen molar-refractivity contribution in [2.24, 2.45) is 5.73 Å². The zero-order chi connectivity index (χ0) is 9.76. The van der Waals surface area contributed by atoms with Crippen LogP contribution in [0, 0.1) is 0 Å². The van der Waals surface area contributed by atoms with Crippen molar-refractivity contribution in [1.82, 2.24) is 4.90 Å². The number of nitrogens with zero attached hydrogens (tertiary/aromatic N) is 1. The van der Waals surface area contributed by atoms with Gasteiger partial charge in [0.1, 0.15) is 0 Å². The van der Waals surface area contributed by atoms with Gasteiger partial charge in [-0.3, -0.25) is 4.79 Å². The van der Waals surface area contributed by atoms with Crippen LogP contribution < -0.4 is 5.73 Å². The van der Waals surface area contributed by atoms with Crippen molar-refractivity contribution in [3.8, 4) is 0 Å². The van der Waals surface area contributed by atoms with Gasteiger partial charge in [-0.1, -0.05) is 0 Å². The molecule has 14 heavy (non-hydrogen) atoms. The Labute approximate surface area is 88.4 Å². The standard InChI is InChI=1S/C10H16N2OS/c11-10(1-2-10)4-9(13)12-5-8-3-7(12)6-14-8/h7-8H,1-6,11H2. The molecule has 2 bridgehead atoms. The van der Waals surface area contributed by atoms with Gasteiger partial charge >= 0.3 is 0 Å². The molecule has 1 aliphatic carbocycles. The van der Waals surface area contributed by atoms with Crippen molar-refractivity contribution in [1.29, 1.82) is 0 Å². The van der Waals surface area contributed by atoms with E-state index in [9.17, 15) is 4.79 Å². The lowest BCUT2D eigenvalue weighted by Crippen LogP contribution is -2.42. The summed E-state index contributed by atoms with van der Waals surface area (Å²) in [5.41, 5.74) is 5.84. The van der Waals surface area contributed by atoms with E-state index in [4.69, 9.17) is 5.73 Å². The predicted octanol–water partition coefficient (Wildman–Crippen LogP) is 0.584. The highest BCUT2D eigenvalue weighted by Crippen LogP contribution is 2.40. The minimum atomic E-state index is -0.119. The molecule has 2 heterocycles. The van der Waals surface area contributed by atoms with Crippen LogP contribution in [-0.2, 0) is 4.79 Å². The molecular weight excluding hydrogens is 196 g/mol. The molecule has 1 saturated carbocycles. The van der Waals surface area contributed by atoms with Crippen LogP contribution in [0.1, 0.15) is 25.7 Å². The van der Waals surface area contributed by atoms with E-state index in [1.807, 2.05) is 11.8 Å². The quantitative estimate of drug-likeness (QED) is 0.728. The van der Waals surface area contributed by atoms with Crippen LogP contribution in [0.3, 0.4) is 0 Å². The van der Waals surface area contributed by atoms with Gasteiger partial charge in [0.25, 0.3) is 0 Å². The SMILES string of the molecule is NC1(CC(=O)N2CC3CC2CS3)CC1. The van der Waals surface area contributed by atoms with E-state index in [0.29, 0.717) is 18.4 Å². The first kappa shape index (κ1) is 9.04. The average Bonchev–Trinajstić information content (AvgIpc) is 2.67. The normalized spacial score (nSPS) is 37.6. The van der Waals surface area contributed by atoms with Crippen LogP contribution in [-0.4, -0.2) is 39.9 Å². The largest absolute Gasteiger partial charge is 0.338 e. The summed E-state index contributed by atoms with van der Waals surface area (Å²) < 4.78 is 0. The van der Waals surface area contributed by atoms with E-state index in [1.54, 1.807) is 0 Å². The molecule has 4 heteroatoms. The van der Waals surface area contributed by atoms with E-state index < -0.39 is 0 Å². The number of likely N-dealkylation sites (tertiary alicyclic amines) is 1. The molecule has 2 saturated heterocycles. The Morgan fingerprint density at radius 3 is 2.86 bits per heavy atom. The summed E-state index contributed by atoms with van der Waals surface area (Å²) in [6.07, 6.45) is 3.87. The fourth-order valence-corrected chi connectivity index (χ4v) is 3.88. The number of hydrogen-bond donors (Lipinski definition) is 1. The smallest absolute Gasteiger partial charge is 0.224 e. The summed E-state index contributed by atoms with van der Waals surface area (Å²) in [5, 5.41) is 0.719. The Morgan fingerprint density at radius 1 is 1.57 bits per heavy atom. The number of rotatable bonds is 2. The number of thioether (sulfide) groups is 1. The molecule has 1 amide bonds. The number of fused-ring (bicyclic) bond motifs is 2. The molecule has 0 aromatic rings. The summed E-state index contributed by atoms with van der Waals surface area (Å²) in [7, 11) is 0. The monoisotopic (exact) mass is 212 g/mol. The molecule has 3 rings (SSSR count). The molecule has 0 radical (unpaired) electrons. The molecule has 0 spiro atoms. The molecule has 3 aliphatic rings. The predicted molar refractivity (Wildman–Crippen MR) is 57.1 cm³/mol. The second-order valence-electron chi connectivity index (χ2n) is 4.93. The number of hydrogen-bond acceptors (Lipinski definition) is 3. The van der Waals surface area contributed by atoms with Gasteiger partial charge in [-0.05, 0) is 19.3 Å². The molecule has 0 aromatic heterocycles. The van der Waals surface area contributed by atoms with Crippen molar-refractivity contribution in [2.45, 2.75) is 42.5 Å². The van der Waals surface area contributed by atoms with Crippen LogP contribution in [0.2, 0.25) is 0 Å². The maximum atomic E-state index is 11.9. The van der Waals surface area contributed by atoms with Crippen molar-refractivity contribution in [2.75, 3.05) is 12.3 Å². The van der Waals surface area contributed by atoms with Gasteiger partial charge in [-0.15, -0.1) is 0 Å². The van der Waals surface area contributed by atoms with E-state index >= 15 is 0 Å². The molecule has 2 unspecified atom stereocenters. The van der Waals surface area contributed by atoms with Gasteiger partial charge in [-0.2, -0.15) is 11.8 Å². The van der Waals surface area contributed by atoms with Crippen LogP contribution >= 0.6 is 11.8 Å². The highest BCUT2D eigenvalue weighted by Gasteiger charge is 2.45. The molecule has 2 aliphatic heterocycles. The van der Waals surface area contributed by atoms with Crippen molar-refractivity contribution >= 4 is 17.7 Å². The lowest BCUT2D eigenvalue weighted by molar-refractivity contribution is -0.132. The lowest BCUT2D eigenvalue weighted by atomic mass is 10.1. The third kappa shape index (κ3) is 1.44. The number of carbonyl (C=O) groups is 1. The topological polar surface area (TPSA) is 46.3 Å². The van der Waals surface area contributed by atoms with Crippen LogP contribution in [0.25, 0.3) is 0 Å². The molecule has 78 valence electrons. The van der Waals surface area contributed by atoms with Crippen LogP contribution in [0.4, 0.5) is 0 Å². The molecule has 3 nitrogen and oxygen atoms in total. The van der Waals surface area contributed by atoms with E-state index in [2.05, 4.69) is 4.90 Å². The van der Waals surface area contributed by atoms with Gasteiger partial charge in [0.15, 0.2) is 0 Å². The van der Waals surface area contributed by atoms with Gasteiger partial charge in [0.05, 0.1) is 0 Å². The third-order valence-corrected chi connectivity index (χ3v) is 5.01. The maximum Gasteiger partial charge on any atom is 0.224 e. The Hall–Kier alpha value is -0.220. The third-order valence-electron chi connectivity index (χ3n) is 3.62. The fraction of sp³-hybridized carbons (Fsp3) is 0.900. The summed E-state index contributed by atoms with van der Waals surface area (Å²) in [5.74, 6) is 1.45. The highest BCUT2D eigenvalue weighted by molar-refractivity contribution is 8.00. The minimum absolute atomic E-state index is 0.119. The first-order valence-corrected chi connectivity index (χ1v) is 6.41. The second-order valence-corrected chi connectivity index (χ2v) is 6.26. The first-order chi connectivity index (χ1) is 6.66. The van der Waals surface area contributed by atoms with Gasteiger partial charge < -0.3 is 10.6 Å². The number of amides is 1. The molecular formula is C10H16N2OS. The summed E-state index contributed by atoms with van der Waals surface area (Å²) in [6, 6.07) is 0.528. The molecule has 3 fully saturated rings. The van der Waals surface area contributed by atoms with Crippen molar-refractivity contribution < 1.29 is 4.79 Å². The molecule has 2 N–H and O–H groups in total.